The highest BCUT2D eigenvalue weighted by atomic mass is 16.5. The second kappa shape index (κ2) is 8.91. The van der Waals surface area contributed by atoms with E-state index in [0.29, 0.717) is 30.6 Å². The van der Waals surface area contributed by atoms with Gasteiger partial charge in [-0.05, 0) is 112 Å². The zero-order valence-electron chi connectivity index (χ0n) is 21.2. The van der Waals surface area contributed by atoms with E-state index in [1.165, 1.54) is 32.1 Å². The van der Waals surface area contributed by atoms with Crippen LogP contribution in [0.15, 0.2) is 12.4 Å². The van der Waals surface area contributed by atoms with Crippen molar-refractivity contribution < 1.29 is 14.9 Å². The van der Waals surface area contributed by atoms with Gasteiger partial charge >= 0.3 is 0 Å². The van der Waals surface area contributed by atoms with Crippen molar-refractivity contribution in [3.8, 4) is 6.07 Å². The number of ether oxygens (including phenoxy) is 1. The number of nitrogens with zero attached hydrogens (tertiary/aromatic N) is 3. The first kappa shape index (κ1) is 24.3. The third-order valence-corrected chi connectivity index (χ3v) is 10.9. The van der Waals surface area contributed by atoms with E-state index in [4.69, 9.17) is 10.00 Å². The zero-order chi connectivity index (χ0) is 24.1. The summed E-state index contributed by atoms with van der Waals surface area (Å²) in [5.41, 5.74) is -0.654. The molecule has 4 saturated carbocycles. The molecular weight excluding hydrogens is 426 g/mol. The number of hydrogen-bond acceptors (Lipinski definition) is 5. The molecule has 1 heterocycles. The standard InChI is InChI=1S/C28H43N3O3/c1-26-10-8-22-21-9-11-28(33,12-13-34-3)14-20(21)4-5-23(22)24(26)6-7-25(26)27(2,32)18-31-17-19(15-29)16-30-31/h16-17,20-25,32-33H,4-14,18H2,1-3H3/t20-,21+,22-,23-,24+,25+,26+,27+,28+/m1/s1. The van der Waals surface area contributed by atoms with E-state index in [0.717, 1.165) is 49.9 Å². The van der Waals surface area contributed by atoms with Crippen molar-refractivity contribution in [2.75, 3.05) is 13.7 Å². The van der Waals surface area contributed by atoms with Crippen molar-refractivity contribution in [3.05, 3.63) is 18.0 Å². The first-order valence-electron chi connectivity index (χ1n) is 13.6. The lowest BCUT2D eigenvalue weighted by molar-refractivity contribution is -0.131. The van der Waals surface area contributed by atoms with Gasteiger partial charge in [0.05, 0.1) is 29.5 Å². The van der Waals surface area contributed by atoms with E-state index >= 15 is 0 Å². The Morgan fingerprint density at radius 3 is 2.71 bits per heavy atom. The highest BCUT2D eigenvalue weighted by molar-refractivity contribution is 5.21. The Balaban J connectivity index is 1.29. The monoisotopic (exact) mass is 469 g/mol. The maximum Gasteiger partial charge on any atom is 0.102 e. The summed E-state index contributed by atoms with van der Waals surface area (Å²) in [6.07, 6.45) is 14.4. The molecule has 0 aliphatic heterocycles. The molecule has 0 aromatic carbocycles. The summed E-state index contributed by atoms with van der Waals surface area (Å²) in [5.74, 6) is 3.92. The maximum absolute atomic E-state index is 11.7. The molecule has 6 nitrogen and oxygen atoms in total. The maximum atomic E-state index is 11.7. The Bertz CT molecular complexity index is 922. The van der Waals surface area contributed by atoms with Gasteiger partial charge in [-0.2, -0.15) is 10.4 Å². The van der Waals surface area contributed by atoms with E-state index in [9.17, 15) is 10.2 Å². The molecule has 0 unspecified atom stereocenters. The number of rotatable bonds is 6. The molecule has 34 heavy (non-hydrogen) atoms. The minimum atomic E-state index is -0.838. The molecule has 4 aliphatic carbocycles. The number of methoxy groups -OCH3 is 1. The Labute approximate surface area is 204 Å². The summed E-state index contributed by atoms with van der Waals surface area (Å²) in [6.45, 7) is 5.54. The number of aromatic nitrogens is 2. The molecule has 9 atom stereocenters. The molecule has 2 N–H and O–H groups in total. The van der Waals surface area contributed by atoms with E-state index < -0.39 is 11.2 Å². The van der Waals surface area contributed by atoms with E-state index in [1.54, 1.807) is 24.2 Å². The Kier molecular flexibility index (Phi) is 6.36. The molecule has 0 spiro atoms. The fourth-order valence-corrected chi connectivity index (χ4v) is 9.45. The van der Waals surface area contributed by atoms with E-state index in [1.807, 2.05) is 6.92 Å². The van der Waals surface area contributed by atoms with Crippen LogP contribution in [0.4, 0.5) is 0 Å². The number of fused-ring (bicyclic) bond motifs is 5. The van der Waals surface area contributed by atoms with Crippen LogP contribution in [0.5, 0.6) is 0 Å². The third kappa shape index (κ3) is 4.12. The molecule has 4 aliphatic rings. The quantitative estimate of drug-likeness (QED) is 0.638. The number of aliphatic hydroxyl groups is 2. The average molecular weight is 470 g/mol. The lowest BCUT2D eigenvalue weighted by atomic mass is 9.48. The van der Waals surface area contributed by atoms with Crippen LogP contribution in [-0.4, -0.2) is 44.9 Å². The van der Waals surface area contributed by atoms with Gasteiger partial charge in [0.25, 0.3) is 0 Å². The molecule has 0 bridgehead atoms. The summed E-state index contributed by atoms with van der Waals surface area (Å²) in [4.78, 5) is 0. The first-order valence-corrected chi connectivity index (χ1v) is 13.6. The second-order valence-corrected chi connectivity index (χ2v) is 12.7. The van der Waals surface area contributed by atoms with E-state index in [2.05, 4.69) is 18.1 Å². The topological polar surface area (TPSA) is 91.3 Å². The van der Waals surface area contributed by atoms with Gasteiger partial charge in [0.2, 0.25) is 0 Å². The summed E-state index contributed by atoms with van der Waals surface area (Å²) >= 11 is 0. The van der Waals surface area contributed by atoms with Crippen LogP contribution < -0.4 is 0 Å². The van der Waals surface area contributed by atoms with Crippen molar-refractivity contribution in [2.24, 2.45) is 40.9 Å². The lowest BCUT2D eigenvalue weighted by Crippen LogP contribution is -2.53. The smallest absolute Gasteiger partial charge is 0.102 e. The summed E-state index contributed by atoms with van der Waals surface area (Å²) in [7, 11) is 1.73. The van der Waals surface area contributed by atoms with Crippen LogP contribution in [0.2, 0.25) is 0 Å². The molecule has 5 rings (SSSR count). The fourth-order valence-electron chi connectivity index (χ4n) is 9.45. The number of nitriles is 1. The predicted octanol–water partition coefficient (Wildman–Crippen LogP) is 4.54. The Hall–Kier alpha value is -1.42. The second-order valence-electron chi connectivity index (χ2n) is 12.7. The summed E-state index contributed by atoms with van der Waals surface area (Å²) in [5, 5.41) is 36.3. The van der Waals surface area contributed by atoms with Gasteiger partial charge in [-0.3, -0.25) is 4.68 Å². The minimum Gasteiger partial charge on any atom is -0.390 e. The van der Waals surface area contributed by atoms with Crippen molar-refractivity contribution >= 4 is 0 Å². The lowest BCUT2D eigenvalue weighted by Gasteiger charge is -2.58. The zero-order valence-corrected chi connectivity index (χ0v) is 21.2. The molecule has 0 amide bonds. The Morgan fingerprint density at radius 2 is 1.97 bits per heavy atom. The molecule has 188 valence electrons. The van der Waals surface area contributed by atoms with Crippen molar-refractivity contribution in [1.29, 1.82) is 5.26 Å². The first-order chi connectivity index (χ1) is 16.2. The van der Waals surface area contributed by atoms with Gasteiger partial charge in [-0.15, -0.1) is 0 Å². The van der Waals surface area contributed by atoms with E-state index in [-0.39, 0.29) is 11.3 Å². The normalized spacial score (nSPS) is 43.3. The highest BCUT2D eigenvalue weighted by Crippen LogP contribution is 2.66. The van der Waals surface area contributed by atoms with Crippen LogP contribution in [0.3, 0.4) is 0 Å². The molecule has 0 radical (unpaired) electrons. The van der Waals surface area contributed by atoms with Gasteiger partial charge in [0, 0.05) is 19.9 Å². The predicted molar refractivity (Wildman–Crippen MR) is 130 cm³/mol. The molecule has 1 aromatic rings. The SMILES string of the molecule is COCC[C@@]1(O)CC[C@H]2[C@H](CC[C@@H]3[C@@H]2CC[C@@]2(C)[C@H]3CC[C@@H]2[C@@](C)(O)Cn2cc(C#N)cn2)C1. The van der Waals surface area contributed by atoms with Crippen molar-refractivity contribution in [3.63, 3.8) is 0 Å². The number of hydrogen-bond donors (Lipinski definition) is 2. The van der Waals surface area contributed by atoms with Crippen LogP contribution in [0.1, 0.15) is 83.6 Å². The molecule has 0 saturated heterocycles. The molecule has 4 fully saturated rings. The largest absolute Gasteiger partial charge is 0.390 e. The van der Waals surface area contributed by atoms with Gasteiger partial charge in [-0.25, -0.2) is 0 Å². The van der Waals surface area contributed by atoms with Gasteiger partial charge < -0.3 is 14.9 Å². The van der Waals surface area contributed by atoms with Gasteiger partial charge in [0.1, 0.15) is 6.07 Å². The highest BCUT2D eigenvalue weighted by Gasteiger charge is 2.60. The average Bonchev–Trinajstić information content (AvgIpc) is 3.40. The minimum absolute atomic E-state index is 0.163. The van der Waals surface area contributed by atoms with Crippen molar-refractivity contribution in [1.82, 2.24) is 9.78 Å². The van der Waals surface area contributed by atoms with Crippen LogP contribution in [0.25, 0.3) is 0 Å². The molecular formula is C28H43N3O3. The van der Waals surface area contributed by atoms with Gasteiger partial charge in [0.15, 0.2) is 0 Å². The molecule has 6 heteroatoms. The van der Waals surface area contributed by atoms with Crippen LogP contribution >= 0.6 is 0 Å². The third-order valence-electron chi connectivity index (χ3n) is 10.9. The Morgan fingerprint density at radius 1 is 1.18 bits per heavy atom. The van der Waals surface area contributed by atoms with Gasteiger partial charge in [-0.1, -0.05) is 6.92 Å². The van der Waals surface area contributed by atoms with Crippen molar-refractivity contribution in [2.45, 2.75) is 95.8 Å². The summed E-state index contributed by atoms with van der Waals surface area (Å²) < 4.78 is 7.02. The van der Waals surface area contributed by atoms with Crippen LogP contribution in [-0.2, 0) is 11.3 Å². The fraction of sp³-hybridized carbons (Fsp3) is 0.857. The summed E-state index contributed by atoms with van der Waals surface area (Å²) in [6, 6.07) is 2.14. The van der Waals surface area contributed by atoms with Crippen LogP contribution in [0, 0.1) is 52.3 Å². The molecule has 1 aromatic heterocycles.